The maximum Gasteiger partial charge on any atom is 0.287 e. The molecule has 0 aliphatic carbocycles. The third-order valence-corrected chi connectivity index (χ3v) is 2.80. The van der Waals surface area contributed by atoms with E-state index in [0.717, 1.165) is 11.1 Å². The molecule has 0 radical (unpaired) electrons. The van der Waals surface area contributed by atoms with Gasteiger partial charge in [0.1, 0.15) is 0 Å². The van der Waals surface area contributed by atoms with Crippen molar-refractivity contribution in [3.8, 4) is 0 Å². The number of amides is 1. The van der Waals surface area contributed by atoms with E-state index in [0.29, 0.717) is 18.9 Å². The van der Waals surface area contributed by atoms with Crippen molar-refractivity contribution in [1.29, 1.82) is 0 Å². The molecule has 0 bridgehead atoms. The zero-order valence-electron chi connectivity index (χ0n) is 10.3. The molecule has 0 saturated carbocycles. The predicted molar refractivity (Wildman–Crippen MR) is 68.7 cm³/mol. The molecule has 0 fully saturated rings. The van der Waals surface area contributed by atoms with Crippen molar-refractivity contribution in [3.05, 3.63) is 53.6 Å². The van der Waals surface area contributed by atoms with Gasteiger partial charge in [-0.3, -0.25) is 4.79 Å². The van der Waals surface area contributed by atoms with Crippen LogP contribution in [0.25, 0.3) is 0 Å². The van der Waals surface area contributed by atoms with Crippen LogP contribution in [0.3, 0.4) is 0 Å². The Balaban J connectivity index is 2.04. The molecule has 0 aliphatic heterocycles. The number of nitrogens with zero attached hydrogens (tertiary/aromatic N) is 2. The number of hydrogen-bond acceptors (Lipinski definition) is 3. The van der Waals surface area contributed by atoms with E-state index in [4.69, 9.17) is 5.73 Å². The first-order valence-corrected chi connectivity index (χ1v) is 5.74. The van der Waals surface area contributed by atoms with Gasteiger partial charge in [0, 0.05) is 32.5 Å². The van der Waals surface area contributed by atoms with Crippen molar-refractivity contribution < 1.29 is 4.79 Å². The van der Waals surface area contributed by atoms with Crippen LogP contribution in [0.15, 0.2) is 36.7 Å². The number of benzene rings is 1. The van der Waals surface area contributed by atoms with Crippen LogP contribution in [0.2, 0.25) is 0 Å². The van der Waals surface area contributed by atoms with Crippen molar-refractivity contribution in [2.24, 2.45) is 12.8 Å². The molecular formula is C13H16N4O. The molecular weight excluding hydrogens is 228 g/mol. The maximum atomic E-state index is 11.9. The highest BCUT2D eigenvalue weighted by atomic mass is 16.2. The molecule has 1 amide bonds. The number of nitrogens with two attached hydrogens (primary N) is 1. The summed E-state index contributed by atoms with van der Waals surface area (Å²) < 4.78 is 1.68. The molecule has 2 rings (SSSR count). The molecule has 0 unspecified atom stereocenters. The second-order valence-electron chi connectivity index (χ2n) is 4.02. The summed E-state index contributed by atoms with van der Waals surface area (Å²) in [6.45, 7) is 0.924. The fraction of sp³-hybridized carbons (Fsp3) is 0.231. The van der Waals surface area contributed by atoms with Crippen LogP contribution >= 0.6 is 0 Å². The van der Waals surface area contributed by atoms with Gasteiger partial charge in [-0.05, 0) is 11.1 Å². The second kappa shape index (κ2) is 5.46. The topological polar surface area (TPSA) is 72.9 Å². The molecule has 5 nitrogen and oxygen atoms in total. The molecule has 0 spiro atoms. The van der Waals surface area contributed by atoms with Crippen LogP contribution in [0, 0.1) is 0 Å². The maximum absolute atomic E-state index is 11.9. The van der Waals surface area contributed by atoms with E-state index in [1.165, 1.54) is 0 Å². The van der Waals surface area contributed by atoms with Crippen LogP contribution in [0.5, 0.6) is 0 Å². The van der Waals surface area contributed by atoms with E-state index in [1.54, 1.807) is 24.0 Å². The highest BCUT2D eigenvalue weighted by molar-refractivity contribution is 5.90. The third kappa shape index (κ3) is 2.57. The first-order chi connectivity index (χ1) is 8.72. The molecule has 5 heteroatoms. The van der Waals surface area contributed by atoms with Gasteiger partial charge in [-0.2, -0.15) is 0 Å². The van der Waals surface area contributed by atoms with Crippen LogP contribution < -0.4 is 11.1 Å². The molecule has 18 heavy (non-hydrogen) atoms. The lowest BCUT2D eigenvalue weighted by atomic mass is 10.1. The number of aromatic nitrogens is 2. The third-order valence-electron chi connectivity index (χ3n) is 2.80. The SMILES string of the molecule is Cn1ccnc1C(=O)NCc1ccccc1CN. The lowest BCUT2D eigenvalue weighted by Gasteiger charge is -2.09. The normalized spacial score (nSPS) is 10.3. The van der Waals surface area contributed by atoms with E-state index >= 15 is 0 Å². The van der Waals surface area contributed by atoms with Gasteiger partial charge < -0.3 is 15.6 Å². The van der Waals surface area contributed by atoms with Crippen LogP contribution in [0.4, 0.5) is 0 Å². The summed E-state index contributed by atoms with van der Waals surface area (Å²) in [5.74, 6) is 0.217. The number of nitrogens with one attached hydrogen (secondary N) is 1. The fourth-order valence-electron chi connectivity index (χ4n) is 1.77. The van der Waals surface area contributed by atoms with Crippen LogP contribution in [-0.4, -0.2) is 15.5 Å². The van der Waals surface area contributed by atoms with Gasteiger partial charge >= 0.3 is 0 Å². The molecule has 94 valence electrons. The minimum Gasteiger partial charge on any atom is -0.345 e. The summed E-state index contributed by atoms with van der Waals surface area (Å²) in [7, 11) is 1.79. The molecule has 1 aromatic carbocycles. The van der Waals surface area contributed by atoms with E-state index in [9.17, 15) is 4.79 Å². The van der Waals surface area contributed by atoms with Gasteiger partial charge in [0.05, 0.1) is 0 Å². The Morgan fingerprint density at radius 1 is 1.39 bits per heavy atom. The number of hydrogen-bond donors (Lipinski definition) is 2. The molecule has 0 aliphatic rings. The van der Waals surface area contributed by atoms with Gasteiger partial charge in [0.15, 0.2) is 5.82 Å². The number of aryl methyl sites for hydroxylation is 1. The fourth-order valence-corrected chi connectivity index (χ4v) is 1.77. The molecule has 1 heterocycles. The van der Waals surface area contributed by atoms with Crippen molar-refractivity contribution >= 4 is 5.91 Å². The lowest BCUT2D eigenvalue weighted by Crippen LogP contribution is -2.26. The molecule has 2 aromatic rings. The first kappa shape index (κ1) is 12.3. The Hall–Kier alpha value is -2.14. The number of carbonyl (C=O) groups is 1. The van der Waals surface area contributed by atoms with Gasteiger partial charge in [0.25, 0.3) is 5.91 Å². The smallest absolute Gasteiger partial charge is 0.287 e. The van der Waals surface area contributed by atoms with E-state index in [1.807, 2.05) is 24.3 Å². The lowest BCUT2D eigenvalue weighted by molar-refractivity contribution is 0.0937. The molecule has 0 saturated heterocycles. The van der Waals surface area contributed by atoms with Crippen LogP contribution in [0.1, 0.15) is 21.7 Å². The Bertz CT molecular complexity index is 547. The summed E-state index contributed by atoms with van der Waals surface area (Å²) in [4.78, 5) is 15.9. The van der Waals surface area contributed by atoms with Gasteiger partial charge in [0.2, 0.25) is 0 Å². The Morgan fingerprint density at radius 2 is 2.11 bits per heavy atom. The largest absolute Gasteiger partial charge is 0.345 e. The Morgan fingerprint density at radius 3 is 2.72 bits per heavy atom. The zero-order valence-corrected chi connectivity index (χ0v) is 10.3. The monoisotopic (exact) mass is 244 g/mol. The Kier molecular flexibility index (Phi) is 3.74. The first-order valence-electron chi connectivity index (χ1n) is 5.74. The predicted octanol–water partition coefficient (Wildman–Crippen LogP) is 0.809. The van der Waals surface area contributed by atoms with Crippen LogP contribution in [-0.2, 0) is 20.1 Å². The zero-order chi connectivity index (χ0) is 13.0. The van der Waals surface area contributed by atoms with Gasteiger partial charge in [-0.25, -0.2) is 4.98 Å². The van der Waals surface area contributed by atoms with E-state index in [2.05, 4.69) is 10.3 Å². The summed E-state index contributed by atoms with van der Waals surface area (Å²) in [5.41, 5.74) is 7.72. The van der Waals surface area contributed by atoms with Crippen molar-refractivity contribution in [2.75, 3.05) is 0 Å². The van der Waals surface area contributed by atoms with Crippen molar-refractivity contribution in [2.45, 2.75) is 13.1 Å². The van der Waals surface area contributed by atoms with Crippen molar-refractivity contribution in [1.82, 2.24) is 14.9 Å². The highest BCUT2D eigenvalue weighted by Gasteiger charge is 2.10. The van der Waals surface area contributed by atoms with Gasteiger partial charge in [-0.1, -0.05) is 24.3 Å². The summed E-state index contributed by atoms with van der Waals surface area (Å²) >= 11 is 0. The second-order valence-corrected chi connectivity index (χ2v) is 4.02. The quantitative estimate of drug-likeness (QED) is 0.836. The summed E-state index contributed by atoms with van der Waals surface area (Å²) in [5, 5.41) is 2.84. The van der Waals surface area contributed by atoms with Crippen molar-refractivity contribution in [3.63, 3.8) is 0 Å². The standard InChI is InChI=1S/C13H16N4O/c1-17-7-6-15-12(17)13(18)16-9-11-5-3-2-4-10(11)8-14/h2-7H,8-9,14H2,1H3,(H,16,18). The molecule has 3 N–H and O–H groups in total. The average Bonchev–Trinajstić information content (AvgIpc) is 2.82. The summed E-state index contributed by atoms with van der Waals surface area (Å²) in [6.07, 6.45) is 3.34. The molecule has 1 aromatic heterocycles. The number of imidazole rings is 1. The molecule has 0 atom stereocenters. The number of carbonyl (C=O) groups excluding carboxylic acids is 1. The van der Waals surface area contributed by atoms with Gasteiger partial charge in [-0.15, -0.1) is 0 Å². The van der Waals surface area contributed by atoms with E-state index in [-0.39, 0.29) is 5.91 Å². The highest BCUT2D eigenvalue weighted by Crippen LogP contribution is 2.07. The minimum atomic E-state index is -0.186. The minimum absolute atomic E-state index is 0.186. The van der Waals surface area contributed by atoms with E-state index < -0.39 is 0 Å². The summed E-state index contributed by atoms with van der Waals surface area (Å²) in [6, 6.07) is 7.79. The number of rotatable bonds is 4. The average molecular weight is 244 g/mol. The Labute approximate surface area is 106 Å².